The maximum Gasteiger partial charge on any atom is 0.260 e. The van der Waals surface area contributed by atoms with Gasteiger partial charge in [-0.15, -0.1) is 0 Å². The minimum absolute atomic E-state index is 0.212. The summed E-state index contributed by atoms with van der Waals surface area (Å²) in [7, 11) is 1.56. The van der Waals surface area contributed by atoms with Gasteiger partial charge in [0.1, 0.15) is 11.3 Å². The predicted octanol–water partition coefficient (Wildman–Crippen LogP) is 6.51. The molecule has 9 heteroatoms. The van der Waals surface area contributed by atoms with Crippen molar-refractivity contribution in [3.05, 3.63) is 81.1 Å². The number of carbonyl (C=O) groups is 1. The summed E-state index contributed by atoms with van der Waals surface area (Å²) in [6.07, 6.45) is 1.67. The Morgan fingerprint density at radius 3 is 2.53 bits per heavy atom. The topological polar surface area (TPSA) is 55.3 Å². The Balaban J connectivity index is 1.84. The minimum Gasteiger partial charge on any atom is -0.494 e. The summed E-state index contributed by atoms with van der Waals surface area (Å²) in [6.45, 7) is 0.212. The molecule has 4 rings (SSSR count). The molecule has 4 aromatic rings. The molecule has 0 fully saturated rings. The maximum atomic E-state index is 13.5. The monoisotopic (exact) mass is 477 g/mol. The van der Waals surface area contributed by atoms with Gasteiger partial charge in [0.15, 0.2) is 5.13 Å². The van der Waals surface area contributed by atoms with E-state index in [0.29, 0.717) is 42.7 Å². The SMILES string of the molecule is COc1ccc(Cl)c2sc(N(Cc3ccccn3)C(=O)c3cc(Cl)cc(Cl)c3)nc12. The number of benzene rings is 2. The molecule has 0 radical (unpaired) electrons. The molecule has 0 saturated heterocycles. The number of hydrogen-bond donors (Lipinski definition) is 0. The van der Waals surface area contributed by atoms with E-state index in [1.54, 1.807) is 43.6 Å². The Hall–Kier alpha value is -2.38. The van der Waals surface area contributed by atoms with Crippen molar-refractivity contribution in [2.75, 3.05) is 12.0 Å². The standard InChI is InChI=1S/C21H14Cl3N3O2S/c1-29-17-6-5-16(24)19-18(17)26-21(30-19)27(11-15-4-2-3-7-25-15)20(28)12-8-13(22)10-14(23)9-12/h2-10H,11H2,1H3. The first-order chi connectivity index (χ1) is 14.5. The molecule has 0 aliphatic carbocycles. The van der Waals surface area contributed by atoms with E-state index in [4.69, 9.17) is 39.5 Å². The lowest BCUT2D eigenvalue weighted by Crippen LogP contribution is -2.30. The van der Waals surface area contributed by atoms with Crippen molar-refractivity contribution in [1.29, 1.82) is 0 Å². The van der Waals surface area contributed by atoms with E-state index >= 15 is 0 Å². The van der Waals surface area contributed by atoms with E-state index in [9.17, 15) is 4.79 Å². The number of fused-ring (bicyclic) bond motifs is 1. The second kappa shape index (κ2) is 8.78. The Morgan fingerprint density at radius 1 is 1.10 bits per heavy atom. The molecule has 0 atom stereocenters. The van der Waals surface area contributed by atoms with Gasteiger partial charge in [-0.2, -0.15) is 0 Å². The van der Waals surface area contributed by atoms with Gasteiger partial charge in [-0.3, -0.25) is 14.7 Å². The van der Waals surface area contributed by atoms with Crippen molar-refractivity contribution < 1.29 is 9.53 Å². The van der Waals surface area contributed by atoms with Crippen LogP contribution < -0.4 is 9.64 Å². The molecule has 2 heterocycles. The lowest BCUT2D eigenvalue weighted by molar-refractivity contribution is 0.0985. The number of methoxy groups -OCH3 is 1. The average Bonchev–Trinajstić information content (AvgIpc) is 3.18. The molecule has 5 nitrogen and oxygen atoms in total. The minimum atomic E-state index is -0.306. The van der Waals surface area contributed by atoms with Gasteiger partial charge in [-0.05, 0) is 42.5 Å². The smallest absolute Gasteiger partial charge is 0.260 e. The first-order valence-corrected chi connectivity index (χ1v) is 10.7. The number of anilines is 1. The highest BCUT2D eigenvalue weighted by Gasteiger charge is 2.24. The third-order valence-electron chi connectivity index (χ3n) is 4.30. The van der Waals surface area contributed by atoms with Crippen LogP contribution in [0, 0.1) is 0 Å². The molecule has 1 amide bonds. The van der Waals surface area contributed by atoms with Gasteiger partial charge in [-0.1, -0.05) is 52.2 Å². The first kappa shape index (κ1) is 20.9. The zero-order chi connectivity index (χ0) is 21.3. The number of hydrogen-bond acceptors (Lipinski definition) is 5. The number of thiazole rings is 1. The number of pyridine rings is 1. The summed E-state index contributed by atoms with van der Waals surface area (Å²) in [5.41, 5.74) is 1.64. The number of rotatable bonds is 5. The fourth-order valence-corrected chi connectivity index (χ4v) is 4.71. The zero-order valence-electron chi connectivity index (χ0n) is 15.6. The molecular formula is C21H14Cl3N3O2S. The predicted molar refractivity (Wildman–Crippen MR) is 122 cm³/mol. The molecule has 0 saturated carbocycles. The Bertz CT molecular complexity index is 1210. The van der Waals surface area contributed by atoms with Crippen molar-refractivity contribution in [2.24, 2.45) is 0 Å². The van der Waals surface area contributed by atoms with E-state index in [-0.39, 0.29) is 12.5 Å². The van der Waals surface area contributed by atoms with Crippen LogP contribution in [-0.2, 0) is 6.54 Å². The first-order valence-electron chi connectivity index (χ1n) is 8.77. The molecule has 0 unspecified atom stereocenters. The molecule has 0 spiro atoms. The summed E-state index contributed by atoms with van der Waals surface area (Å²) >= 11 is 19.9. The third-order valence-corrected chi connectivity index (χ3v) is 6.27. The van der Waals surface area contributed by atoms with Crippen LogP contribution in [0.4, 0.5) is 5.13 Å². The number of aromatic nitrogens is 2. The number of amides is 1. The molecule has 0 bridgehead atoms. The third kappa shape index (κ3) is 4.23. The summed E-state index contributed by atoms with van der Waals surface area (Å²) in [5, 5.41) is 1.74. The van der Waals surface area contributed by atoms with Crippen molar-refractivity contribution >= 4 is 67.4 Å². The van der Waals surface area contributed by atoms with Crippen LogP contribution in [0.3, 0.4) is 0 Å². The van der Waals surface area contributed by atoms with Crippen LogP contribution in [0.2, 0.25) is 15.1 Å². The van der Waals surface area contributed by atoms with Crippen LogP contribution in [0.5, 0.6) is 5.75 Å². The normalized spacial score (nSPS) is 10.9. The molecular weight excluding hydrogens is 465 g/mol. The van der Waals surface area contributed by atoms with Crippen molar-refractivity contribution in [3.63, 3.8) is 0 Å². The number of nitrogens with zero attached hydrogens (tertiary/aromatic N) is 3. The largest absolute Gasteiger partial charge is 0.494 e. The second-order valence-electron chi connectivity index (χ2n) is 6.29. The maximum absolute atomic E-state index is 13.5. The zero-order valence-corrected chi connectivity index (χ0v) is 18.7. The summed E-state index contributed by atoms with van der Waals surface area (Å²) in [5.74, 6) is 0.270. The van der Waals surface area contributed by atoms with Crippen molar-refractivity contribution in [1.82, 2.24) is 9.97 Å². The summed E-state index contributed by atoms with van der Waals surface area (Å²) in [4.78, 5) is 24.0. The van der Waals surface area contributed by atoms with Crippen LogP contribution in [0.1, 0.15) is 16.1 Å². The fourth-order valence-electron chi connectivity index (χ4n) is 2.93. The van der Waals surface area contributed by atoms with Gasteiger partial charge in [-0.25, -0.2) is 4.98 Å². The van der Waals surface area contributed by atoms with Crippen LogP contribution in [0.15, 0.2) is 54.7 Å². The molecule has 0 N–H and O–H groups in total. The Kier molecular flexibility index (Phi) is 6.11. The molecule has 0 aliphatic heterocycles. The van der Waals surface area contributed by atoms with Crippen molar-refractivity contribution in [3.8, 4) is 5.75 Å². The highest BCUT2D eigenvalue weighted by Crippen LogP contribution is 2.39. The fraction of sp³-hybridized carbons (Fsp3) is 0.0952. The molecule has 30 heavy (non-hydrogen) atoms. The lowest BCUT2D eigenvalue weighted by atomic mass is 10.2. The quantitative estimate of drug-likeness (QED) is 0.328. The van der Waals surface area contributed by atoms with E-state index < -0.39 is 0 Å². The molecule has 152 valence electrons. The second-order valence-corrected chi connectivity index (χ2v) is 8.55. The van der Waals surface area contributed by atoms with E-state index in [1.165, 1.54) is 16.2 Å². The van der Waals surface area contributed by atoms with E-state index in [2.05, 4.69) is 9.97 Å². The number of ether oxygens (including phenoxy) is 1. The Morgan fingerprint density at radius 2 is 1.87 bits per heavy atom. The van der Waals surface area contributed by atoms with Crippen LogP contribution in [0.25, 0.3) is 10.2 Å². The van der Waals surface area contributed by atoms with E-state index in [0.717, 1.165) is 4.70 Å². The highest BCUT2D eigenvalue weighted by molar-refractivity contribution is 7.23. The van der Waals surface area contributed by atoms with Crippen molar-refractivity contribution in [2.45, 2.75) is 6.54 Å². The van der Waals surface area contributed by atoms with Crippen LogP contribution >= 0.6 is 46.1 Å². The van der Waals surface area contributed by atoms with Gasteiger partial charge >= 0.3 is 0 Å². The summed E-state index contributed by atoms with van der Waals surface area (Å²) < 4.78 is 6.14. The average molecular weight is 479 g/mol. The van der Waals surface area contributed by atoms with Gasteiger partial charge in [0.25, 0.3) is 5.91 Å². The highest BCUT2D eigenvalue weighted by atomic mass is 35.5. The lowest BCUT2D eigenvalue weighted by Gasteiger charge is -2.20. The number of carbonyl (C=O) groups excluding carboxylic acids is 1. The Labute approximate surface area is 191 Å². The van der Waals surface area contributed by atoms with Gasteiger partial charge in [0, 0.05) is 21.8 Å². The van der Waals surface area contributed by atoms with Gasteiger partial charge < -0.3 is 4.74 Å². The number of halogens is 3. The van der Waals surface area contributed by atoms with Crippen LogP contribution in [-0.4, -0.2) is 23.0 Å². The molecule has 0 aliphatic rings. The van der Waals surface area contributed by atoms with Gasteiger partial charge in [0.05, 0.1) is 29.1 Å². The van der Waals surface area contributed by atoms with E-state index in [1.807, 2.05) is 18.2 Å². The van der Waals surface area contributed by atoms with Gasteiger partial charge in [0.2, 0.25) is 0 Å². The molecule has 2 aromatic carbocycles. The summed E-state index contributed by atoms with van der Waals surface area (Å²) in [6, 6.07) is 13.7. The molecule has 2 aromatic heterocycles.